The predicted molar refractivity (Wildman–Crippen MR) is 224 cm³/mol. The number of aliphatic hydroxyl groups excluding tert-OH is 6. The van der Waals surface area contributed by atoms with Gasteiger partial charge in [0.25, 0.3) is 0 Å². The third-order valence-electron chi connectivity index (χ3n) is 12.2. The average molecular weight is 901 g/mol. The number of aliphatic hydroxyl groups is 6. The molecule has 65 heavy (non-hydrogen) atoms. The molecule has 1 fully saturated rings. The first-order chi connectivity index (χ1) is 31.4. The Morgan fingerprint density at radius 2 is 1.78 bits per heavy atom. The van der Waals surface area contributed by atoms with Crippen molar-refractivity contribution in [3.63, 3.8) is 0 Å². The lowest BCUT2D eigenvalue weighted by Gasteiger charge is -2.52. The Kier molecular flexibility index (Phi) is 12.1. The molecule has 344 valence electrons. The molecule has 4 aliphatic heterocycles. The standard InChI is InChI=1S/C45H48N4O16/c46-43-42(63-32(55)17-31(53)54)45(9-11-48-43)41(58)36(56)37(57)44(65-45)61-25-15-24(19-49-18-23-8-10-47-35(23)27(49)20-51)33-30(16-25)62-29(14-22-4-2-1-3-5-22)34-26-6-7-28(60-21-52)39(59-13-12-50)38(26)64-40(33)34/h1-11,15-16,18,29,34,36-37,40-44,47-48,50-52,56-58H,12-14,17,19-21,46H2,(H,53,54)/t29-,34+,36+,37+,40-,41-,42+,43-,44+,45-/m0/s1. The number of ether oxygens (including phenoxy) is 7. The van der Waals surface area contributed by atoms with Gasteiger partial charge in [-0.3, -0.25) is 9.59 Å². The number of fused-ring (bicyclic) bond motifs is 6. The highest BCUT2D eigenvalue weighted by atomic mass is 16.7. The van der Waals surface area contributed by atoms with Crippen molar-refractivity contribution < 1.29 is 78.5 Å². The van der Waals surface area contributed by atoms with Crippen molar-refractivity contribution in [2.45, 2.75) is 86.6 Å². The number of hydrogen-bond acceptors (Lipinski definition) is 17. The molecule has 0 amide bonds. The van der Waals surface area contributed by atoms with E-state index in [2.05, 4.69) is 10.3 Å². The monoisotopic (exact) mass is 900 g/mol. The zero-order chi connectivity index (χ0) is 45.6. The molecular formula is C45H48N4O16. The number of carbonyl (C=O) groups is 2. The zero-order valence-electron chi connectivity index (χ0n) is 34.6. The molecule has 3 aromatic carbocycles. The molecular weight excluding hydrogens is 853 g/mol. The summed E-state index contributed by atoms with van der Waals surface area (Å²) in [5.74, 6) is -2.07. The van der Waals surface area contributed by atoms with Crippen molar-refractivity contribution in [3.8, 4) is 28.7 Å². The van der Waals surface area contributed by atoms with E-state index in [9.17, 15) is 45.3 Å². The van der Waals surface area contributed by atoms with E-state index >= 15 is 0 Å². The highest BCUT2D eigenvalue weighted by molar-refractivity contribution is 5.90. The molecule has 0 radical (unpaired) electrons. The van der Waals surface area contributed by atoms with Crippen LogP contribution in [0.25, 0.3) is 10.9 Å². The summed E-state index contributed by atoms with van der Waals surface area (Å²) in [4.78, 5) is 27.2. The molecule has 0 saturated carbocycles. The van der Waals surface area contributed by atoms with E-state index in [0.717, 1.165) is 22.0 Å². The maximum atomic E-state index is 12.7. The van der Waals surface area contributed by atoms with Gasteiger partial charge in [-0.1, -0.05) is 36.4 Å². The number of aromatic nitrogens is 2. The molecule has 1 spiro atoms. The van der Waals surface area contributed by atoms with Gasteiger partial charge >= 0.3 is 11.9 Å². The maximum Gasteiger partial charge on any atom is 0.317 e. The maximum absolute atomic E-state index is 12.7. The molecule has 0 aliphatic carbocycles. The van der Waals surface area contributed by atoms with Gasteiger partial charge in [-0.25, -0.2) is 0 Å². The Morgan fingerprint density at radius 1 is 0.969 bits per heavy atom. The van der Waals surface area contributed by atoms with Crippen LogP contribution in [-0.4, -0.2) is 126 Å². The summed E-state index contributed by atoms with van der Waals surface area (Å²) >= 11 is 0. The molecule has 11 N–H and O–H groups in total. The van der Waals surface area contributed by atoms with E-state index < -0.39 is 85.8 Å². The first-order valence-corrected chi connectivity index (χ1v) is 20.9. The van der Waals surface area contributed by atoms with Crippen LogP contribution in [-0.2, 0) is 38.6 Å². The van der Waals surface area contributed by atoms with Crippen LogP contribution in [0.15, 0.2) is 85.3 Å². The van der Waals surface area contributed by atoms with Crippen LogP contribution < -0.4 is 34.7 Å². The SMILES string of the molecule is N[C@H]1NC=C[C@@]2(O[C@@H](Oc3cc(Cn4cc5cc[nH]c5c4CO)c4c(c3)O[C@@H](Cc3ccccc3)[C@H]3c5ccc(OCO)c(OCCO)c5O[C@@H]43)[C@H](O)[C@@H](O)[C@@H]2O)[C@@H]1OC(=O)CC(=O)O. The Bertz CT molecular complexity index is 2580. The number of aliphatic carboxylic acids is 1. The Labute approximate surface area is 369 Å². The van der Waals surface area contributed by atoms with Gasteiger partial charge in [-0.2, -0.15) is 0 Å². The number of rotatable bonds is 15. The topological polar surface area (TPSA) is 299 Å². The smallest absolute Gasteiger partial charge is 0.317 e. The second-order valence-electron chi connectivity index (χ2n) is 16.1. The van der Waals surface area contributed by atoms with Crippen LogP contribution in [0.4, 0.5) is 0 Å². The minimum Gasteiger partial charge on any atom is -0.489 e. The third-order valence-corrected chi connectivity index (χ3v) is 12.2. The molecule has 1 saturated heterocycles. The van der Waals surface area contributed by atoms with Crippen LogP contribution >= 0.6 is 0 Å². The van der Waals surface area contributed by atoms with Gasteiger partial charge in [-0.05, 0) is 41.6 Å². The number of nitrogens with one attached hydrogen (secondary N) is 2. The highest BCUT2D eigenvalue weighted by Crippen LogP contribution is 2.59. The van der Waals surface area contributed by atoms with Crippen molar-refractivity contribution in [1.82, 2.24) is 14.9 Å². The number of nitrogens with two attached hydrogens (primary N) is 1. The number of H-pyrrole nitrogens is 1. The first kappa shape index (κ1) is 43.9. The van der Waals surface area contributed by atoms with Crippen LogP contribution in [0.3, 0.4) is 0 Å². The first-order valence-electron chi connectivity index (χ1n) is 20.9. The minimum absolute atomic E-state index is 0.0597. The fourth-order valence-corrected chi connectivity index (χ4v) is 9.34. The van der Waals surface area contributed by atoms with Gasteiger partial charge < -0.3 is 89.5 Å². The lowest BCUT2D eigenvalue weighted by molar-refractivity contribution is -0.321. The zero-order valence-corrected chi connectivity index (χ0v) is 34.6. The molecule has 20 nitrogen and oxygen atoms in total. The van der Waals surface area contributed by atoms with Crippen molar-refractivity contribution in [3.05, 3.63) is 113 Å². The number of hydrogen-bond donors (Lipinski definition) is 10. The van der Waals surface area contributed by atoms with Gasteiger partial charge in [0.15, 0.2) is 30.0 Å². The second-order valence-corrected chi connectivity index (χ2v) is 16.1. The summed E-state index contributed by atoms with van der Waals surface area (Å²) in [5, 5.41) is 77.1. The number of carboxylic acid groups (broad SMARTS) is 1. The summed E-state index contributed by atoms with van der Waals surface area (Å²) in [6.07, 6.45) is -6.24. The van der Waals surface area contributed by atoms with Gasteiger partial charge in [0.2, 0.25) is 12.0 Å². The van der Waals surface area contributed by atoms with E-state index in [0.29, 0.717) is 34.7 Å². The van der Waals surface area contributed by atoms with E-state index in [4.69, 9.17) is 38.9 Å². The van der Waals surface area contributed by atoms with E-state index in [-0.39, 0.29) is 43.6 Å². The molecule has 5 aromatic rings. The second kappa shape index (κ2) is 17.9. The average Bonchev–Trinajstić information content (AvgIpc) is 3.99. The Balaban J connectivity index is 1.16. The van der Waals surface area contributed by atoms with E-state index in [1.165, 1.54) is 12.3 Å². The van der Waals surface area contributed by atoms with Gasteiger partial charge in [0, 0.05) is 47.9 Å². The fourth-order valence-electron chi connectivity index (χ4n) is 9.34. The third kappa shape index (κ3) is 7.97. The number of aromatic amines is 1. The van der Waals surface area contributed by atoms with Crippen molar-refractivity contribution >= 4 is 22.8 Å². The number of carboxylic acids is 1. The van der Waals surface area contributed by atoms with Crippen molar-refractivity contribution in [1.29, 1.82) is 0 Å². The Hall–Kier alpha value is -6.36. The predicted octanol–water partition coefficient (Wildman–Crippen LogP) is 0.775. The molecule has 0 unspecified atom stereocenters. The van der Waals surface area contributed by atoms with Gasteiger partial charge in [0.1, 0.15) is 61.2 Å². The van der Waals surface area contributed by atoms with Crippen LogP contribution in [0, 0.1) is 0 Å². The fraction of sp³-hybridized carbons (Fsp3) is 0.378. The van der Waals surface area contributed by atoms with Crippen LogP contribution in [0.1, 0.15) is 46.4 Å². The van der Waals surface area contributed by atoms with Crippen molar-refractivity contribution in [2.24, 2.45) is 5.73 Å². The lowest BCUT2D eigenvalue weighted by Crippen LogP contribution is -2.74. The van der Waals surface area contributed by atoms with Gasteiger partial charge in [-0.15, -0.1) is 0 Å². The molecule has 4 aliphatic rings. The molecule has 10 atom stereocenters. The molecule has 9 rings (SSSR count). The molecule has 6 heterocycles. The Morgan fingerprint density at radius 3 is 2.54 bits per heavy atom. The van der Waals surface area contributed by atoms with Crippen molar-refractivity contribution in [2.75, 3.05) is 20.0 Å². The van der Waals surface area contributed by atoms with E-state index in [1.807, 2.05) is 53.2 Å². The summed E-state index contributed by atoms with van der Waals surface area (Å²) in [6.45, 7) is -1.26. The lowest BCUT2D eigenvalue weighted by atomic mass is 9.79. The largest absolute Gasteiger partial charge is 0.489 e. The number of benzene rings is 3. The molecule has 20 heteroatoms. The molecule has 2 aromatic heterocycles. The van der Waals surface area contributed by atoms with Gasteiger partial charge in [0.05, 0.1) is 30.3 Å². The summed E-state index contributed by atoms with van der Waals surface area (Å²) < 4.78 is 45.4. The van der Waals surface area contributed by atoms with E-state index in [1.54, 1.807) is 24.4 Å². The number of carbonyl (C=O) groups excluding carboxylic acids is 1. The normalized spacial score (nSPS) is 27.5. The van der Waals surface area contributed by atoms with Crippen LogP contribution in [0.5, 0.6) is 28.7 Å². The number of esters is 1. The number of nitrogens with zero attached hydrogens (tertiary/aromatic N) is 1. The quantitative estimate of drug-likeness (QED) is 0.0394. The summed E-state index contributed by atoms with van der Waals surface area (Å²) in [5.41, 5.74) is 8.25. The van der Waals surface area contributed by atoms with Crippen LogP contribution in [0.2, 0.25) is 0 Å². The summed E-state index contributed by atoms with van der Waals surface area (Å²) in [6, 6.07) is 18.3. The minimum atomic E-state index is -2.15. The highest BCUT2D eigenvalue weighted by Gasteiger charge is 2.61. The molecule has 0 bridgehead atoms. The summed E-state index contributed by atoms with van der Waals surface area (Å²) in [7, 11) is 0.